The summed E-state index contributed by atoms with van der Waals surface area (Å²) in [6.07, 6.45) is -12.3. The molecular weight excluding hydrogens is 320 g/mol. The minimum absolute atomic E-state index is 0.597. The zero-order chi connectivity index (χ0) is 17.7. The van der Waals surface area contributed by atoms with Crippen LogP contribution in [0.5, 0.6) is 0 Å². The van der Waals surface area contributed by atoms with Crippen LogP contribution in [0.25, 0.3) is 0 Å². The molecule has 8 atom stereocenters. The van der Waals surface area contributed by atoms with Gasteiger partial charge in [0, 0.05) is 6.42 Å². The zero-order valence-electron chi connectivity index (χ0n) is 11.9. The first-order valence-corrected chi connectivity index (χ1v) is 6.73. The van der Waals surface area contributed by atoms with Gasteiger partial charge >= 0.3 is 5.97 Å². The van der Waals surface area contributed by atoms with E-state index in [1.807, 2.05) is 0 Å². The van der Waals surface area contributed by atoms with Crippen molar-refractivity contribution < 1.29 is 55.1 Å². The van der Waals surface area contributed by atoms with Gasteiger partial charge in [-0.3, -0.25) is 0 Å². The van der Waals surface area contributed by atoms with Crippen LogP contribution in [0.2, 0.25) is 0 Å². The Morgan fingerprint density at radius 1 is 1.17 bits per heavy atom. The number of carboxylic acid groups (broad SMARTS) is 1. The molecule has 0 spiro atoms. The summed E-state index contributed by atoms with van der Waals surface area (Å²) in [6, 6.07) is 0. The molecule has 1 fully saturated rings. The van der Waals surface area contributed by atoms with Crippen molar-refractivity contribution in [2.45, 2.75) is 49.0 Å². The SMILES string of the molecule is O=C(O)[C@H](O)[C@@H](O)[C@H](O)[C@H](O)CO[C@@H]1[CH][C@@H](O)[C@H](O)[C@@H](CO)O1. The van der Waals surface area contributed by atoms with Crippen molar-refractivity contribution >= 4 is 5.97 Å². The molecule has 1 heterocycles. The second kappa shape index (κ2) is 8.82. The van der Waals surface area contributed by atoms with Crippen molar-refractivity contribution in [2.24, 2.45) is 0 Å². The van der Waals surface area contributed by atoms with E-state index < -0.39 is 68.2 Å². The van der Waals surface area contributed by atoms with Gasteiger partial charge in [-0.25, -0.2) is 4.79 Å². The normalized spacial score (nSPS) is 33.7. The lowest BCUT2D eigenvalue weighted by atomic mass is 10.0. The fourth-order valence-corrected chi connectivity index (χ4v) is 1.89. The zero-order valence-corrected chi connectivity index (χ0v) is 11.9. The van der Waals surface area contributed by atoms with Gasteiger partial charge in [-0.1, -0.05) is 0 Å². The molecule has 0 saturated carbocycles. The average Bonchev–Trinajstić information content (AvgIpc) is 2.52. The van der Waals surface area contributed by atoms with Gasteiger partial charge in [-0.05, 0) is 0 Å². The van der Waals surface area contributed by atoms with Crippen LogP contribution in [0.15, 0.2) is 0 Å². The number of ether oxygens (including phenoxy) is 2. The predicted molar refractivity (Wildman–Crippen MR) is 69.7 cm³/mol. The smallest absolute Gasteiger partial charge is 0.335 e. The molecule has 11 nitrogen and oxygen atoms in total. The minimum atomic E-state index is -2.30. The largest absolute Gasteiger partial charge is 0.479 e. The second-order valence-corrected chi connectivity index (χ2v) is 5.06. The third kappa shape index (κ3) is 5.31. The Hall–Kier alpha value is -0.890. The molecule has 135 valence electrons. The van der Waals surface area contributed by atoms with Gasteiger partial charge in [0.1, 0.15) is 30.5 Å². The molecule has 1 aliphatic rings. The van der Waals surface area contributed by atoms with E-state index in [2.05, 4.69) is 0 Å². The summed E-state index contributed by atoms with van der Waals surface area (Å²) in [5.74, 6) is -1.78. The lowest BCUT2D eigenvalue weighted by molar-refractivity contribution is -0.240. The van der Waals surface area contributed by atoms with E-state index in [0.717, 1.165) is 6.42 Å². The summed E-state index contributed by atoms with van der Waals surface area (Å²) in [5, 5.41) is 74.1. The molecule has 1 radical (unpaired) electrons. The molecule has 0 bridgehead atoms. The van der Waals surface area contributed by atoms with E-state index >= 15 is 0 Å². The van der Waals surface area contributed by atoms with Gasteiger partial charge in [0.05, 0.1) is 19.3 Å². The summed E-state index contributed by atoms with van der Waals surface area (Å²) in [4.78, 5) is 10.5. The molecule has 0 aliphatic carbocycles. The van der Waals surface area contributed by atoms with Gasteiger partial charge in [0.15, 0.2) is 12.4 Å². The quantitative estimate of drug-likeness (QED) is 0.211. The summed E-state index contributed by atoms with van der Waals surface area (Å²) in [5.41, 5.74) is 0. The fraction of sp³-hybridized carbons (Fsp3) is 0.833. The van der Waals surface area contributed by atoms with Gasteiger partial charge in [-0.15, -0.1) is 0 Å². The molecule has 0 aromatic heterocycles. The lowest BCUT2D eigenvalue weighted by Gasteiger charge is -2.36. The van der Waals surface area contributed by atoms with E-state index in [4.69, 9.17) is 24.8 Å². The van der Waals surface area contributed by atoms with Crippen molar-refractivity contribution in [3.05, 3.63) is 6.42 Å². The molecule has 0 amide bonds. The van der Waals surface area contributed by atoms with Crippen molar-refractivity contribution in [1.82, 2.24) is 0 Å². The monoisotopic (exact) mass is 341 g/mol. The van der Waals surface area contributed by atoms with Crippen LogP contribution in [-0.2, 0) is 14.3 Å². The third-order valence-corrected chi connectivity index (χ3v) is 3.33. The number of aliphatic carboxylic acids is 1. The summed E-state index contributed by atoms with van der Waals surface area (Å²) in [7, 11) is 0. The van der Waals surface area contributed by atoms with Crippen LogP contribution >= 0.6 is 0 Å². The molecule has 1 saturated heterocycles. The predicted octanol–water partition coefficient (Wildman–Crippen LogP) is -4.83. The number of hydrogen-bond donors (Lipinski definition) is 8. The average molecular weight is 341 g/mol. The maximum absolute atomic E-state index is 10.5. The Kier molecular flexibility index (Phi) is 7.73. The molecule has 0 unspecified atom stereocenters. The Morgan fingerprint density at radius 2 is 1.78 bits per heavy atom. The van der Waals surface area contributed by atoms with Crippen molar-refractivity contribution in [3.63, 3.8) is 0 Å². The maximum atomic E-state index is 10.5. The van der Waals surface area contributed by atoms with Crippen LogP contribution in [0.4, 0.5) is 0 Å². The second-order valence-electron chi connectivity index (χ2n) is 5.06. The Labute approximate surface area is 130 Å². The summed E-state index contributed by atoms with van der Waals surface area (Å²) in [6.45, 7) is -1.24. The van der Waals surface area contributed by atoms with Gasteiger partial charge in [0.25, 0.3) is 0 Å². The third-order valence-electron chi connectivity index (χ3n) is 3.33. The van der Waals surface area contributed by atoms with Crippen LogP contribution in [-0.4, -0.2) is 109 Å². The van der Waals surface area contributed by atoms with Crippen LogP contribution in [0, 0.1) is 6.42 Å². The number of rotatable bonds is 8. The Bertz CT molecular complexity index is 378. The van der Waals surface area contributed by atoms with Crippen molar-refractivity contribution in [3.8, 4) is 0 Å². The molecule has 8 N–H and O–H groups in total. The number of carboxylic acids is 1. The molecule has 1 rings (SSSR count). The standard InChI is InChI=1S/C12H21O11/c13-2-6-8(16)4(14)1-7(23-6)22-3-5(15)9(17)10(18)11(19)12(20)21/h1,4-11,13-19H,2-3H2,(H,20,21)/t4-,5-,6-,7+,8+,9-,10+,11-/m1/s1. The van der Waals surface area contributed by atoms with E-state index in [1.54, 1.807) is 0 Å². The van der Waals surface area contributed by atoms with Crippen LogP contribution in [0.1, 0.15) is 0 Å². The number of hydrogen-bond acceptors (Lipinski definition) is 10. The highest BCUT2D eigenvalue weighted by Crippen LogP contribution is 2.20. The fourth-order valence-electron chi connectivity index (χ4n) is 1.89. The minimum Gasteiger partial charge on any atom is -0.479 e. The number of aliphatic hydroxyl groups is 7. The lowest BCUT2D eigenvalue weighted by Crippen LogP contribution is -2.52. The topological polar surface area (TPSA) is 197 Å². The summed E-state index contributed by atoms with van der Waals surface area (Å²) < 4.78 is 10.1. The van der Waals surface area contributed by atoms with Crippen molar-refractivity contribution in [1.29, 1.82) is 0 Å². The van der Waals surface area contributed by atoms with E-state index in [9.17, 15) is 30.3 Å². The first kappa shape index (κ1) is 20.2. The first-order chi connectivity index (χ1) is 10.7. The molecule has 23 heavy (non-hydrogen) atoms. The highest BCUT2D eigenvalue weighted by Gasteiger charge is 2.39. The Morgan fingerprint density at radius 3 is 2.30 bits per heavy atom. The van der Waals surface area contributed by atoms with Gasteiger partial charge < -0.3 is 50.3 Å². The van der Waals surface area contributed by atoms with Crippen LogP contribution < -0.4 is 0 Å². The number of aliphatic hydroxyl groups excluding tert-OH is 7. The van der Waals surface area contributed by atoms with E-state index in [1.165, 1.54) is 0 Å². The first-order valence-electron chi connectivity index (χ1n) is 6.73. The summed E-state index contributed by atoms with van der Waals surface area (Å²) >= 11 is 0. The van der Waals surface area contributed by atoms with Gasteiger partial charge in [-0.2, -0.15) is 0 Å². The Balaban J connectivity index is 2.49. The molecule has 1 aliphatic heterocycles. The van der Waals surface area contributed by atoms with Gasteiger partial charge in [0.2, 0.25) is 0 Å². The van der Waals surface area contributed by atoms with E-state index in [-0.39, 0.29) is 0 Å². The molecule has 0 aromatic rings. The highest BCUT2D eigenvalue weighted by atomic mass is 16.7. The van der Waals surface area contributed by atoms with Crippen molar-refractivity contribution in [2.75, 3.05) is 13.2 Å². The molecule has 0 aromatic carbocycles. The molecular formula is C12H21O11. The molecule has 11 heteroatoms. The maximum Gasteiger partial charge on any atom is 0.335 e. The highest BCUT2D eigenvalue weighted by molar-refractivity contribution is 5.72. The van der Waals surface area contributed by atoms with Crippen LogP contribution in [0.3, 0.4) is 0 Å². The number of carbonyl (C=O) groups is 1. The van der Waals surface area contributed by atoms with E-state index in [0.29, 0.717) is 0 Å².